The van der Waals surface area contributed by atoms with Gasteiger partial charge in [-0.15, -0.1) is 0 Å². The molecule has 0 spiro atoms. The summed E-state index contributed by atoms with van der Waals surface area (Å²) in [6.07, 6.45) is 3.93. The lowest BCUT2D eigenvalue weighted by Gasteiger charge is -2.34. The lowest BCUT2D eigenvalue weighted by atomic mass is 9.80. The van der Waals surface area contributed by atoms with Gasteiger partial charge in [-0.2, -0.15) is 0 Å². The number of benzene rings is 2. The number of carbonyl (C=O) groups excluding carboxylic acids is 1. The molecule has 0 saturated carbocycles. The van der Waals surface area contributed by atoms with E-state index >= 15 is 0 Å². The molecule has 1 atom stereocenters. The largest absolute Gasteiger partial charge is 0.460 e. The van der Waals surface area contributed by atoms with Gasteiger partial charge in [0.2, 0.25) is 0 Å². The van der Waals surface area contributed by atoms with Crippen LogP contribution in [-0.4, -0.2) is 21.1 Å². The molecule has 1 aliphatic heterocycles. The maximum atomic E-state index is 12.9. The summed E-state index contributed by atoms with van der Waals surface area (Å²) in [7, 11) is 0. The van der Waals surface area contributed by atoms with Crippen LogP contribution in [0.2, 0.25) is 0 Å². The van der Waals surface area contributed by atoms with Crippen molar-refractivity contribution in [1.29, 1.82) is 0 Å². The Morgan fingerprint density at radius 1 is 1.15 bits per heavy atom. The predicted octanol–water partition coefficient (Wildman–Crippen LogP) is 5.15. The monoisotopic (exact) mass is 424 g/mol. The van der Waals surface area contributed by atoms with E-state index in [4.69, 9.17) is 4.74 Å². The van der Waals surface area contributed by atoms with Gasteiger partial charge < -0.3 is 9.30 Å². The quantitative estimate of drug-likeness (QED) is 0.546. The van der Waals surface area contributed by atoms with Gasteiger partial charge >= 0.3 is 5.97 Å². The standard InChI is InChI=1S/C22H21BrN2O2/c1-21(2,3)27-19(26)14-22(15-8-10-16(23)11-9-15)18-7-5-4-6-17(18)20-24-12-13-25(20)22/h4-13H,14H2,1-3H3/t22-/m0/s1. The Morgan fingerprint density at radius 2 is 1.85 bits per heavy atom. The van der Waals surface area contributed by atoms with Crippen molar-refractivity contribution in [1.82, 2.24) is 9.55 Å². The molecule has 3 aromatic rings. The van der Waals surface area contributed by atoms with Crippen molar-refractivity contribution >= 4 is 21.9 Å². The molecule has 2 aromatic carbocycles. The van der Waals surface area contributed by atoms with Gasteiger partial charge in [0.1, 0.15) is 17.0 Å². The highest BCUT2D eigenvalue weighted by atomic mass is 79.9. The van der Waals surface area contributed by atoms with Gasteiger partial charge in [0.25, 0.3) is 0 Å². The molecule has 5 heteroatoms. The van der Waals surface area contributed by atoms with E-state index in [0.29, 0.717) is 0 Å². The number of esters is 1. The molecule has 4 rings (SSSR count). The van der Waals surface area contributed by atoms with Gasteiger partial charge in [0.05, 0.1) is 6.42 Å². The van der Waals surface area contributed by atoms with Gasteiger partial charge in [-0.05, 0) is 44.0 Å². The Labute approximate surface area is 167 Å². The second-order valence-corrected chi connectivity index (χ2v) is 8.71. The Balaban J connectivity index is 1.93. The van der Waals surface area contributed by atoms with Crippen molar-refractivity contribution < 1.29 is 9.53 Å². The number of carbonyl (C=O) groups is 1. The fraction of sp³-hybridized carbons (Fsp3) is 0.273. The molecule has 0 bridgehead atoms. The number of nitrogens with zero attached hydrogens (tertiary/aromatic N) is 2. The van der Waals surface area contributed by atoms with Gasteiger partial charge in [0.15, 0.2) is 0 Å². The van der Waals surface area contributed by atoms with Crippen molar-refractivity contribution in [3.8, 4) is 11.4 Å². The number of imidazole rings is 1. The van der Waals surface area contributed by atoms with Gasteiger partial charge in [0, 0.05) is 22.4 Å². The smallest absolute Gasteiger partial charge is 0.309 e. The molecule has 0 radical (unpaired) electrons. The maximum Gasteiger partial charge on any atom is 0.309 e. The molecule has 0 unspecified atom stereocenters. The SMILES string of the molecule is CC(C)(C)OC(=O)C[C@]1(c2ccc(Br)cc2)c2ccccc2-c2nccn21. The van der Waals surface area contributed by atoms with Crippen molar-refractivity contribution in [2.75, 3.05) is 0 Å². The van der Waals surface area contributed by atoms with E-state index in [1.807, 2.05) is 51.2 Å². The van der Waals surface area contributed by atoms with Crippen molar-refractivity contribution in [3.63, 3.8) is 0 Å². The van der Waals surface area contributed by atoms with E-state index in [-0.39, 0.29) is 12.4 Å². The minimum atomic E-state index is -0.675. The normalized spacial score (nSPS) is 18.1. The van der Waals surface area contributed by atoms with E-state index < -0.39 is 11.1 Å². The minimum Gasteiger partial charge on any atom is -0.460 e. The van der Waals surface area contributed by atoms with Crippen LogP contribution in [-0.2, 0) is 15.1 Å². The number of fused-ring (bicyclic) bond motifs is 3. The number of hydrogen-bond acceptors (Lipinski definition) is 3. The summed E-state index contributed by atoms with van der Waals surface area (Å²) < 4.78 is 8.79. The number of halogens is 1. The van der Waals surface area contributed by atoms with Gasteiger partial charge in [-0.25, -0.2) is 4.98 Å². The third-order valence-corrected chi connectivity index (χ3v) is 5.34. The van der Waals surface area contributed by atoms with Crippen LogP contribution in [0.25, 0.3) is 11.4 Å². The molecule has 2 heterocycles. The highest BCUT2D eigenvalue weighted by molar-refractivity contribution is 9.10. The first-order chi connectivity index (χ1) is 12.8. The third kappa shape index (κ3) is 3.00. The van der Waals surface area contributed by atoms with Crippen LogP contribution < -0.4 is 0 Å². The summed E-state index contributed by atoms with van der Waals surface area (Å²) in [4.78, 5) is 17.5. The van der Waals surface area contributed by atoms with Crippen LogP contribution in [0.5, 0.6) is 0 Å². The maximum absolute atomic E-state index is 12.9. The van der Waals surface area contributed by atoms with Crippen molar-refractivity contribution in [2.24, 2.45) is 0 Å². The van der Waals surface area contributed by atoms with E-state index in [1.165, 1.54) is 0 Å². The molecular formula is C22H21BrN2O2. The summed E-state index contributed by atoms with van der Waals surface area (Å²) >= 11 is 3.51. The fourth-order valence-corrected chi connectivity index (χ4v) is 4.13. The molecule has 0 N–H and O–H groups in total. The topological polar surface area (TPSA) is 44.1 Å². The summed E-state index contributed by atoms with van der Waals surface area (Å²) in [5.74, 6) is 0.638. The zero-order valence-corrected chi connectivity index (χ0v) is 17.2. The van der Waals surface area contributed by atoms with Gasteiger partial charge in [-0.3, -0.25) is 4.79 Å². The van der Waals surface area contributed by atoms with Crippen LogP contribution in [0.1, 0.15) is 38.3 Å². The third-order valence-electron chi connectivity index (χ3n) is 4.81. The zero-order chi connectivity index (χ0) is 19.2. The highest BCUT2D eigenvalue weighted by Crippen LogP contribution is 2.49. The fourth-order valence-electron chi connectivity index (χ4n) is 3.87. The van der Waals surface area contributed by atoms with Crippen molar-refractivity contribution in [2.45, 2.75) is 38.3 Å². The van der Waals surface area contributed by atoms with Gasteiger partial charge in [-0.1, -0.05) is 52.3 Å². The molecule has 1 aromatic heterocycles. The lowest BCUT2D eigenvalue weighted by molar-refractivity contribution is -0.156. The minimum absolute atomic E-state index is 0.201. The molecule has 0 amide bonds. The Hall–Kier alpha value is -2.40. The highest BCUT2D eigenvalue weighted by Gasteiger charge is 2.47. The Bertz CT molecular complexity index is 1000. The summed E-state index contributed by atoms with van der Waals surface area (Å²) in [6.45, 7) is 5.67. The molecule has 1 aliphatic rings. The van der Waals surface area contributed by atoms with E-state index in [0.717, 1.165) is 27.0 Å². The molecule has 0 saturated heterocycles. The summed E-state index contributed by atoms with van der Waals surface area (Å²) in [5, 5.41) is 0. The van der Waals surface area contributed by atoms with Crippen LogP contribution in [0, 0.1) is 0 Å². The first kappa shape index (κ1) is 18.0. The second-order valence-electron chi connectivity index (χ2n) is 7.80. The lowest BCUT2D eigenvalue weighted by Crippen LogP contribution is -2.38. The molecule has 27 heavy (non-hydrogen) atoms. The van der Waals surface area contributed by atoms with E-state index in [1.54, 1.807) is 6.20 Å². The molecular weight excluding hydrogens is 404 g/mol. The van der Waals surface area contributed by atoms with Crippen LogP contribution in [0.15, 0.2) is 65.4 Å². The van der Waals surface area contributed by atoms with Crippen LogP contribution >= 0.6 is 15.9 Å². The van der Waals surface area contributed by atoms with Crippen LogP contribution in [0.3, 0.4) is 0 Å². The number of hydrogen-bond donors (Lipinski definition) is 0. The summed E-state index contributed by atoms with van der Waals surface area (Å²) in [5.41, 5.74) is 1.94. The van der Waals surface area contributed by atoms with Crippen molar-refractivity contribution in [3.05, 3.63) is 76.5 Å². The van der Waals surface area contributed by atoms with E-state index in [9.17, 15) is 4.79 Å². The molecule has 138 valence electrons. The molecule has 4 nitrogen and oxygen atoms in total. The average molecular weight is 425 g/mol. The number of aromatic nitrogens is 2. The first-order valence-electron chi connectivity index (χ1n) is 8.93. The Kier molecular flexibility index (Phi) is 4.22. The zero-order valence-electron chi connectivity index (χ0n) is 15.6. The number of ether oxygens (including phenoxy) is 1. The number of rotatable bonds is 3. The Morgan fingerprint density at radius 3 is 2.56 bits per heavy atom. The molecule has 0 fully saturated rings. The predicted molar refractivity (Wildman–Crippen MR) is 108 cm³/mol. The van der Waals surface area contributed by atoms with E-state index in [2.05, 4.69) is 49.7 Å². The summed E-state index contributed by atoms with van der Waals surface area (Å²) in [6, 6.07) is 16.3. The average Bonchev–Trinajstić information content (AvgIpc) is 3.17. The first-order valence-corrected chi connectivity index (χ1v) is 9.72. The second kappa shape index (κ2) is 6.34. The molecule has 0 aliphatic carbocycles. The van der Waals surface area contributed by atoms with Crippen LogP contribution in [0.4, 0.5) is 0 Å².